The van der Waals surface area contributed by atoms with Gasteiger partial charge in [-0.05, 0) is 26.3 Å². The minimum atomic E-state index is -0.355. The number of aromatic nitrogens is 2. The number of carbonyl (C=O) groups excluding carboxylic acids is 2. The SMILES string of the molecule is CCOC(=O)c1cnn(C)c1CNCCCCC(N)=O. The highest BCUT2D eigenvalue weighted by atomic mass is 16.5. The summed E-state index contributed by atoms with van der Waals surface area (Å²) >= 11 is 0. The molecular formula is C13H22N4O3. The highest BCUT2D eigenvalue weighted by molar-refractivity contribution is 5.90. The summed E-state index contributed by atoms with van der Waals surface area (Å²) in [7, 11) is 1.78. The second kappa shape index (κ2) is 8.31. The van der Waals surface area contributed by atoms with Gasteiger partial charge in [0.15, 0.2) is 0 Å². The highest BCUT2D eigenvalue weighted by Gasteiger charge is 2.16. The van der Waals surface area contributed by atoms with E-state index in [0.29, 0.717) is 25.1 Å². The number of carbonyl (C=O) groups is 2. The summed E-state index contributed by atoms with van der Waals surface area (Å²) in [4.78, 5) is 22.3. The van der Waals surface area contributed by atoms with E-state index < -0.39 is 0 Å². The Balaban J connectivity index is 2.41. The number of aryl methyl sites for hydroxylation is 1. The summed E-state index contributed by atoms with van der Waals surface area (Å²) in [6.07, 6.45) is 3.54. The van der Waals surface area contributed by atoms with Crippen molar-refractivity contribution in [1.82, 2.24) is 15.1 Å². The second-order valence-corrected chi connectivity index (χ2v) is 4.45. The summed E-state index contributed by atoms with van der Waals surface area (Å²) < 4.78 is 6.64. The second-order valence-electron chi connectivity index (χ2n) is 4.45. The molecule has 0 aliphatic carbocycles. The molecule has 112 valence electrons. The molecule has 1 heterocycles. The highest BCUT2D eigenvalue weighted by Crippen LogP contribution is 2.09. The van der Waals surface area contributed by atoms with Gasteiger partial charge < -0.3 is 15.8 Å². The third-order valence-corrected chi connectivity index (χ3v) is 2.88. The molecule has 1 rings (SSSR count). The van der Waals surface area contributed by atoms with E-state index in [9.17, 15) is 9.59 Å². The van der Waals surface area contributed by atoms with Crippen molar-refractivity contribution in [1.29, 1.82) is 0 Å². The van der Waals surface area contributed by atoms with Crippen molar-refractivity contribution in [3.05, 3.63) is 17.5 Å². The smallest absolute Gasteiger partial charge is 0.341 e. The van der Waals surface area contributed by atoms with E-state index in [-0.39, 0.29) is 11.9 Å². The average molecular weight is 282 g/mol. The lowest BCUT2D eigenvalue weighted by molar-refractivity contribution is -0.118. The van der Waals surface area contributed by atoms with Crippen LogP contribution in [0.2, 0.25) is 0 Å². The molecular weight excluding hydrogens is 260 g/mol. The molecule has 0 aliphatic rings. The first kappa shape index (κ1) is 16.2. The van der Waals surface area contributed by atoms with E-state index in [1.54, 1.807) is 18.7 Å². The van der Waals surface area contributed by atoms with Crippen molar-refractivity contribution in [3.8, 4) is 0 Å². The predicted octanol–water partition coefficient (Wildman–Crippen LogP) is 0.342. The Morgan fingerprint density at radius 3 is 2.85 bits per heavy atom. The number of hydrogen-bond donors (Lipinski definition) is 2. The molecule has 0 bridgehead atoms. The lowest BCUT2D eigenvalue weighted by Gasteiger charge is -2.07. The zero-order valence-corrected chi connectivity index (χ0v) is 12.0. The van der Waals surface area contributed by atoms with Gasteiger partial charge in [0.05, 0.1) is 18.5 Å². The number of primary amides is 1. The average Bonchev–Trinajstić information content (AvgIpc) is 2.75. The Bertz CT molecular complexity index is 456. The van der Waals surface area contributed by atoms with Crippen LogP contribution in [0.4, 0.5) is 0 Å². The molecule has 20 heavy (non-hydrogen) atoms. The lowest BCUT2D eigenvalue weighted by atomic mass is 10.2. The van der Waals surface area contributed by atoms with Gasteiger partial charge in [0, 0.05) is 20.0 Å². The van der Waals surface area contributed by atoms with Crippen LogP contribution in [0.25, 0.3) is 0 Å². The number of nitrogens with two attached hydrogens (primary N) is 1. The first-order valence-corrected chi connectivity index (χ1v) is 6.73. The molecule has 7 heteroatoms. The molecule has 0 spiro atoms. The van der Waals surface area contributed by atoms with Crippen LogP contribution in [0.15, 0.2) is 6.20 Å². The molecule has 0 radical (unpaired) electrons. The van der Waals surface area contributed by atoms with E-state index >= 15 is 0 Å². The zero-order chi connectivity index (χ0) is 15.0. The van der Waals surface area contributed by atoms with E-state index in [4.69, 9.17) is 10.5 Å². The Morgan fingerprint density at radius 2 is 2.20 bits per heavy atom. The molecule has 1 amide bonds. The molecule has 1 aromatic heterocycles. The molecule has 3 N–H and O–H groups in total. The van der Waals surface area contributed by atoms with Crippen molar-refractivity contribution >= 4 is 11.9 Å². The third kappa shape index (κ3) is 5.00. The van der Waals surface area contributed by atoms with Crippen molar-refractivity contribution in [2.75, 3.05) is 13.2 Å². The minimum Gasteiger partial charge on any atom is -0.462 e. The Kier molecular flexibility index (Phi) is 6.72. The molecule has 0 aromatic carbocycles. The Morgan fingerprint density at radius 1 is 1.45 bits per heavy atom. The van der Waals surface area contributed by atoms with Crippen LogP contribution in [0.5, 0.6) is 0 Å². The maximum Gasteiger partial charge on any atom is 0.341 e. The van der Waals surface area contributed by atoms with Gasteiger partial charge in [0.1, 0.15) is 5.56 Å². The van der Waals surface area contributed by atoms with Crippen LogP contribution in [0.1, 0.15) is 42.2 Å². The van der Waals surface area contributed by atoms with Crippen LogP contribution >= 0.6 is 0 Å². The molecule has 0 saturated carbocycles. The van der Waals surface area contributed by atoms with Gasteiger partial charge in [-0.15, -0.1) is 0 Å². The van der Waals surface area contributed by atoms with Crippen molar-refractivity contribution in [2.24, 2.45) is 12.8 Å². The van der Waals surface area contributed by atoms with Crippen LogP contribution < -0.4 is 11.1 Å². The number of nitrogens with zero attached hydrogens (tertiary/aromatic N) is 2. The fourth-order valence-electron chi connectivity index (χ4n) is 1.81. The van der Waals surface area contributed by atoms with Gasteiger partial charge in [-0.1, -0.05) is 0 Å². The number of unbranched alkanes of at least 4 members (excludes halogenated alkanes) is 1. The van der Waals surface area contributed by atoms with Gasteiger partial charge in [0.25, 0.3) is 0 Å². The van der Waals surface area contributed by atoms with Crippen molar-refractivity contribution < 1.29 is 14.3 Å². The first-order valence-electron chi connectivity index (χ1n) is 6.73. The number of rotatable bonds is 9. The summed E-state index contributed by atoms with van der Waals surface area (Å²) in [5.74, 6) is -0.632. The molecule has 0 fully saturated rings. The zero-order valence-electron chi connectivity index (χ0n) is 12.0. The molecule has 7 nitrogen and oxygen atoms in total. The molecule has 0 unspecified atom stereocenters. The maximum atomic E-state index is 11.7. The normalized spacial score (nSPS) is 10.5. The van der Waals surface area contributed by atoms with Crippen LogP contribution in [0.3, 0.4) is 0 Å². The van der Waals surface area contributed by atoms with Gasteiger partial charge >= 0.3 is 5.97 Å². The fourth-order valence-corrected chi connectivity index (χ4v) is 1.81. The van der Waals surface area contributed by atoms with E-state index in [0.717, 1.165) is 25.1 Å². The molecule has 0 saturated heterocycles. The topological polar surface area (TPSA) is 99.2 Å². The number of hydrogen-bond acceptors (Lipinski definition) is 5. The van der Waals surface area contributed by atoms with Crippen LogP contribution in [-0.4, -0.2) is 34.8 Å². The summed E-state index contributed by atoms with van der Waals surface area (Å²) in [6, 6.07) is 0. The van der Waals surface area contributed by atoms with Gasteiger partial charge in [-0.2, -0.15) is 5.10 Å². The summed E-state index contributed by atoms with van der Waals surface area (Å²) in [6.45, 7) is 3.39. The number of esters is 1. The lowest BCUT2D eigenvalue weighted by Crippen LogP contribution is -2.20. The first-order chi connectivity index (χ1) is 9.56. The minimum absolute atomic E-state index is 0.277. The monoisotopic (exact) mass is 282 g/mol. The van der Waals surface area contributed by atoms with E-state index in [1.165, 1.54) is 6.20 Å². The standard InChI is InChI=1S/C13H22N4O3/c1-3-20-13(19)10-8-16-17(2)11(10)9-15-7-5-4-6-12(14)18/h8,15H,3-7,9H2,1-2H3,(H2,14,18). The number of amides is 1. The Labute approximate surface area is 118 Å². The van der Waals surface area contributed by atoms with Crippen LogP contribution in [-0.2, 0) is 23.1 Å². The quantitative estimate of drug-likeness (QED) is 0.502. The predicted molar refractivity (Wildman–Crippen MR) is 73.9 cm³/mol. The van der Waals surface area contributed by atoms with Crippen molar-refractivity contribution in [2.45, 2.75) is 32.7 Å². The van der Waals surface area contributed by atoms with Gasteiger partial charge in [0.2, 0.25) is 5.91 Å². The van der Waals surface area contributed by atoms with E-state index in [1.807, 2.05) is 0 Å². The Hall–Kier alpha value is -1.89. The summed E-state index contributed by atoms with van der Waals surface area (Å²) in [5, 5.41) is 7.29. The van der Waals surface area contributed by atoms with Gasteiger partial charge in [-0.25, -0.2) is 4.79 Å². The molecule has 0 aliphatic heterocycles. The largest absolute Gasteiger partial charge is 0.462 e. The van der Waals surface area contributed by atoms with Crippen molar-refractivity contribution in [3.63, 3.8) is 0 Å². The summed E-state index contributed by atoms with van der Waals surface area (Å²) in [5.41, 5.74) is 6.34. The van der Waals surface area contributed by atoms with Gasteiger partial charge in [-0.3, -0.25) is 9.48 Å². The number of ether oxygens (including phenoxy) is 1. The van der Waals surface area contributed by atoms with Crippen LogP contribution in [0, 0.1) is 0 Å². The molecule has 1 aromatic rings. The molecule has 0 atom stereocenters. The fraction of sp³-hybridized carbons (Fsp3) is 0.615. The number of nitrogens with one attached hydrogen (secondary N) is 1. The third-order valence-electron chi connectivity index (χ3n) is 2.88. The van der Waals surface area contributed by atoms with E-state index in [2.05, 4.69) is 10.4 Å². The maximum absolute atomic E-state index is 11.7.